The fourth-order valence-electron chi connectivity index (χ4n) is 3.67. The van der Waals surface area contributed by atoms with Gasteiger partial charge in [0.05, 0.1) is 11.6 Å². The van der Waals surface area contributed by atoms with Gasteiger partial charge in [-0.05, 0) is 48.2 Å². The van der Waals surface area contributed by atoms with Gasteiger partial charge in [0.25, 0.3) is 5.89 Å². The zero-order chi connectivity index (χ0) is 24.5. The van der Waals surface area contributed by atoms with E-state index in [0.717, 1.165) is 17.2 Å². The van der Waals surface area contributed by atoms with Crippen molar-refractivity contribution < 1.29 is 27.6 Å². The number of aromatic nitrogens is 2. The first-order valence-electron chi connectivity index (χ1n) is 10.3. The number of nitrogens with one attached hydrogen (secondary N) is 1. The Labute approximate surface area is 193 Å². The SMILES string of the molecule is Cc1ccccc1-c1ccc(-c2nc(-c3ccc(C(C)NC(=O)O)cc3)no2)cc1C(F)(F)F. The van der Waals surface area contributed by atoms with Gasteiger partial charge in [0.1, 0.15) is 0 Å². The van der Waals surface area contributed by atoms with Gasteiger partial charge in [-0.1, -0.05) is 59.8 Å². The molecule has 0 radical (unpaired) electrons. The van der Waals surface area contributed by atoms with Gasteiger partial charge < -0.3 is 14.9 Å². The number of halogens is 3. The number of benzene rings is 3. The monoisotopic (exact) mass is 467 g/mol. The van der Waals surface area contributed by atoms with Gasteiger partial charge in [-0.2, -0.15) is 18.2 Å². The molecule has 4 rings (SSSR count). The number of rotatable bonds is 5. The zero-order valence-electron chi connectivity index (χ0n) is 18.2. The normalized spacial score (nSPS) is 12.4. The van der Waals surface area contributed by atoms with Crippen molar-refractivity contribution in [3.63, 3.8) is 0 Å². The van der Waals surface area contributed by atoms with Gasteiger partial charge in [0.2, 0.25) is 5.82 Å². The number of hydrogen-bond donors (Lipinski definition) is 2. The molecule has 1 unspecified atom stereocenters. The Bertz CT molecular complexity index is 1330. The summed E-state index contributed by atoms with van der Waals surface area (Å²) in [7, 11) is 0. The molecular weight excluding hydrogens is 447 g/mol. The van der Waals surface area contributed by atoms with Crippen molar-refractivity contribution >= 4 is 6.09 Å². The van der Waals surface area contributed by atoms with Crippen LogP contribution < -0.4 is 5.32 Å². The fraction of sp³-hybridized carbons (Fsp3) is 0.160. The van der Waals surface area contributed by atoms with Crippen LogP contribution in [0.5, 0.6) is 0 Å². The van der Waals surface area contributed by atoms with Crippen molar-refractivity contribution in [2.24, 2.45) is 0 Å². The van der Waals surface area contributed by atoms with Crippen LogP contribution in [0, 0.1) is 6.92 Å². The maximum Gasteiger partial charge on any atom is 0.417 e. The van der Waals surface area contributed by atoms with Gasteiger partial charge >= 0.3 is 12.3 Å². The minimum atomic E-state index is -4.58. The molecule has 0 aliphatic rings. The first-order chi connectivity index (χ1) is 16.1. The summed E-state index contributed by atoms with van der Waals surface area (Å²) in [5, 5.41) is 15.1. The van der Waals surface area contributed by atoms with Crippen molar-refractivity contribution in [2.75, 3.05) is 0 Å². The Hall–Kier alpha value is -4.14. The number of aryl methyl sites for hydroxylation is 1. The number of nitrogens with zero attached hydrogens (tertiary/aromatic N) is 2. The Kier molecular flexibility index (Phi) is 6.10. The predicted octanol–water partition coefficient (Wildman–Crippen LogP) is 6.73. The molecule has 3 aromatic carbocycles. The molecule has 0 aliphatic carbocycles. The van der Waals surface area contributed by atoms with E-state index in [1.807, 2.05) is 0 Å². The molecule has 1 heterocycles. The Balaban J connectivity index is 1.66. The van der Waals surface area contributed by atoms with E-state index >= 15 is 0 Å². The zero-order valence-corrected chi connectivity index (χ0v) is 18.2. The largest absolute Gasteiger partial charge is 0.465 e. The Morgan fingerprint density at radius 1 is 1.00 bits per heavy atom. The number of carbonyl (C=O) groups is 1. The maximum atomic E-state index is 13.9. The van der Waals surface area contributed by atoms with Crippen molar-refractivity contribution in [3.05, 3.63) is 83.4 Å². The molecule has 0 saturated heterocycles. The third-order valence-electron chi connectivity index (χ3n) is 5.44. The van der Waals surface area contributed by atoms with E-state index in [-0.39, 0.29) is 22.8 Å². The van der Waals surface area contributed by atoms with Gasteiger partial charge in [0, 0.05) is 11.1 Å². The summed E-state index contributed by atoms with van der Waals surface area (Å²) in [6, 6.07) is 17.2. The molecule has 0 spiro atoms. The lowest BCUT2D eigenvalue weighted by atomic mass is 9.94. The van der Waals surface area contributed by atoms with E-state index in [1.165, 1.54) is 12.1 Å². The van der Waals surface area contributed by atoms with Crippen LogP contribution in [0.25, 0.3) is 34.0 Å². The summed E-state index contributed by atoms with van der Waals surface area (Å²) in [4.78, 5) is 15.1. The standard InChI is InChI=1S/C25H20F3N3O3/c1-14-5-3-4-6-19(14)20-12-11-18(13-21(20)25(26,27)28)23-30-22(31-34-23)17-9-7-16(8-10-17)15(2)29-24(32)33/h3-13,15,29H,1-2H3,(H,32,33). The summed E-state index contributed by atoms with van der Waals surface area (Å²) >= 11 is 0. The van der Waals surface area contributed by atoms with Crippen LogP contribution in [0.15, 0.2) is 71.3 Å². The highest BCUT2D eigenvalue weighted by Crippen LogP contribution is 2.40. The second kappa shape index (κ2) is 9.01. The molecule has 34 heavy (non-hydrogen) atoms. The molecule has 1 amide bonds. The highest BCUT2D eigenvalue weighted by Gasteiger charge is 2.34. The average Bonchev–Trinajstić information content (AvgIpc) is 3.28. The van der Waals surface area contributed by atoms with Crippen LogP contribution in [-0.4, -0.2) is 21.3 Å². The van der Waals surface area contributed by atoms with Crippen molar-refractivity contribution in [2.45, 2.75) is 26.1 Å². The van der Waals surface area contributed by atoms with E-state index in [0.29, 0.717) is 11.1 Å². The Morgan fingerprint density at radius 2 is 1.68 bits per heavy atom. The second-order valence-electron chi connectivity index (χ2n) is 7.79. The Morgan fingerprint density at radius 3 is 2.32 bits per heavy atom. The van der Waals surface area contributed by atoms with Crippen molar-refractivity contribution in [1.82, 2.24) is 15.5 Å². The number of alkyl halides is 3. The predicted molar refractivity (Wildman–Crippen MR) is 120 cm³/mol. The molecule has 1 atom stereocenters. The quantitative estimate of drug-likeness (QED) is 0.340. The third kappa shape index (κ3) is 4.78. The minimum absolute atomic E-state index is 0.0400. The van der Waals surface area contributed by atoms with Crippen LogP contribution >= 0.6 is 0 Å². The van der Waals surface area contributed by atoms with Crippen LogP contribution in [0.4, 0.5) is 18.0 Å². The van der Waals surface area contributed by atoms with E-state index < -0.39 is 23.9 Å². The molecule has 0 fully saturated rings. The van der Waals surface area contributed by atoms with Crippen LogP contribution in [0.2, 0.25) is 0 Å². The highest BCUT2D eigenvalue weighted by molar-refractivity contribution is 5.74. The van der Waals surface area contributed by atoms with Gasteiger partial charge in [-0.3, -0.25) is 0 Å². The average molecular weight is 467 g/mol. The molecule has 0 bridgehead atoms. The first kappa shape index (κ1) is 23.0. The summed E-state index contributed by atoms with van der Waals surface area (Å²) < 4.78 is 47.0. The van der Waals surface area contributed by atoms with Crippen molar-refractivity contribution in [1.29, 1.82) is 0 Å². The molecule has 4 aromatic rings. The number of amides is 1. The van der Waals surface area contributed by atoms with Crippen LogP contribution in [0.3, 0.4) is 0 Å². The summed E-state index contributed by atoms with van der Waals surface area (Å²) in [5.74, 6) is 0.166. The topological polar surface area (TPSA) is 88.2 Å². The number of hydrogen-bond acceptors (Lipinski definition) is 4. The molecule has 0 aliphatic heterocycles. The van der Waals surface area contributed by atoms with Gasteiger partial charge in [-0.25, -0.2) is 4.79 Å². The molecular formula is C25H20F3N3O3. The lowest BCUT2D eigenvalue weighted by Crippen LogP contribution is -2.24. The van der Waals surface area contributed by atoms with Gasteiger partial charge in [-0.15, -0.1) is 0 Å². The van der Waals surface area contributed by atoms with E-state index in [9.17, 15) is 18.0 Å². The molecule has 0 saturated carbocycles. The lowest BCUT2D eigenvalue weighted by Gasteiger charge is -2.15. The summed E-state index contributed by atoms with van der Waals surface area (Å²) in [6.07, 6.45) is -5.71. The molecule has 2 N–H and O–H groups in total. The molecule has 174 valence electrons. The lowest BCUT2D eigenvalue weighted by molar-refractivity contribution is -0.137. The summed E-state index contributed by atoms with van der Waals surface area (Å²) in [5.41, 5.74) is 1.98. The third-order valence-corrected chi connectivity index (χ3v) is 5.44. The van der Waals surface area contributed by atoms with Crippen LogP contribution in [0.1, 0.15) is 29.7 Å². The maximum absolute atomic E-state index is 13.9. The smallest absolute Gasteiger partial charge is 0.417 e. The molecule has 6 nitrogen and oxygen atoms in total. The minimum Gasteiger partial charge on any atom is -0.465 e. The highest BCUT2D eigenvalue weighted by atomic mass is 19.4. The van der Waals surface area contributed by atoms with Crippen molar-refractivity contribution in [3.8, 4) is 34.0 Å². The van der Waals surface area contributed by atoms with E-state index in [4.69, 9.17) is 9.63 Å². The summed E-state index contributed by atoms with van der Waals surface area (Å²) in [6.45, 7) is 3.46. The van der Waals surface area contributed by atoms with Crippen LogP contribution in [-0.2, 0) is 6.18 Å². The molecule has 1 aromatic heterocycles. The van der Waals surface area contributed by atoms with E-state index in [2.05, 4.69) is 15.5 Å². The first-order valence-corrected chi connectivity index (χ1v) is 10.3. The fourth-order valence-corrected chi connectivity index (χ4v) is 3.67. The number of carboxylic acid groups (broad SMARTS) is 1. The molecule has 9 heteroatoms. The second-order valence-corrected chi connectivity index (χ2v) is 7.79. The van der Waals surface area contributed by atoms with Gasteiger partial charge in [0.15, 0.2) is 0 Å². The van der Waals surface area contributed by atoms with E-state index in [1.54, 1.807) is 62.4 Å².